The molecule has 4 nitrogen and oxygen atoms in total. The smallest absolute Gasteiger partial charge is 0.410 e. The summed E-state index contributed by atoms with van der Waals surface area (Å²) >= 11 is 0. The van der Waals surface area contributed by atoms with Crippen molar-refractivity contribution < 1.29 is 9.53 Å². The highest BCUT2D eigenvalue weighted by molar-refractivity contribution is 5.68. The van der Waals surface area contributed by atoms with Crippen LogP contribution in [-0.2, 0) is 4.74 Å². The topological polar surface area (TPSA) is 42.4 Å². The first-order valence-corrected chi connectivity index (χ1v) is 6.58. The highest BCUT2D eigenvalue weighted by Crippen LogP contribution is 2.28. The normalized spacial score (nSPS) is 13.2. The van der Waals surface area contributed by atoms with E-state index in [1.807, 2.05) is 32.9 Å². The van der Waals surface area contributed by atoms with Gasteiger partial charge in [-0.05, 0) is 44.4 Å². The molecule has 1 aromatic rings. The monoisotopic (exact) mass is 264 g/mol. The second-order valence-electron chi connectivity index (χ2n) is 6.06. The van der Waals surface area contributed by atoms with Crippen LogP contribution in [0.4, 0.5) is 4.79 Å². The average Bonchev–Trinajstić information content (AvgIpc) is 2.27. The van der Waals surface area contributed by atoms with Crippen molar-refractivity contribution in [3.63, 3.8) is 0 Å². The molecule has 0 fully saturated rings. The fourth-order valence-corrected chi connectivity index (χ4v) is 2.06. The van der Waals surface area contributed by atoms with Crippen molar-refractivity contribution in [2.75, 3.05) is 7.05 Å². The Morgan fingerprint density at radius 2 is 1.79 bits per heavy atom. The molecular formula is C15H24N2O2. The molecule has 0 bridgehead atoms. The van der Waals surface area contributed by atoms with Gasteiger partial charge in [0.1, 0.15) is 5.60 Å². The van der Waals surface area contributed by atoms with E-state index >= 15 is 0 Å². The highest BCUT2D eigenvalue weighted by Gasteiger charge is 2.28. The van der Waals surface area contributed by atoms with Crippen LogP contribution < -0.4 is 0 Å². The van der Waals surface area contributed by atoms with E-state index in [1.54, 1.807) is 24.3 Å². The molecule has 1 aromatic heterocycles. The van der Waals surface area contributed by atoms with E-state index in [4.69, 9.17) is 4.74 Å². The van der Waals surface area contributed by atoms with Gasteiger partial charge in [-0.25, -0.2) is 4.79 Å². The summed E-state index contributed by atoms with van der Waals surface area (Å²) in [4.78, 5) is 17.8. The van der Waals surface area contributed by atoms with E-state index in [2.05, 4.69) is 18.8 Å². The minimum Gasteiger partial charge on any atom is -0.444 e. The molecule has 1 unspecified atom stereocenters. The molecule has 1 heterocycles. The highest BCUT2D eigenvalue weighted by atomic mass is 16.6. The van der Waals surface area contributed by atoms with Gasteiger partial charge in [-0.1, -0.05) is 13.8 Å². The second-order valence-corrected chi connectivity index (χ2v) is 6.06. The lowest BCUT2D eigenvalue weighted by molar-refractivity contribution is 0.0175. The van der Waals surface area contributed by atoms with E-state index in [9.17, 15) is 4.79 Å². The molecule has 0 aliphatic carbocycles. The van der Waals surface area contributed by atoms with Crippen LogP contribution in [0, 0.1) is 5.92 Å². The number of aromatic nitrogens is 1. The Kier molecular flexibility index (Phi) is 4.92. The molecule has 0 saturated carbocycles. The number of nitrogens with zero attached hydrogens (tertiary/aromatic N) is 2. The van der Waals surface area contributed by atoms with E-state index in [0.29, 0.717) is 5.92 Å². The van der Waals surface area contributed by atoms with Gasteiger partial charge in [0, 0.05) is 19.4 Å². The minimum atomic E-state index is -0.481. The molecule has 4 heteroatoms. The third kappa shape index (κ3) is 4.54. The Labute approximate surface area is 115 Å². The van der Waals surface area contributed by atoms with E-state index in [1.165, 1.54) is 0 Å². The van der Waals surface area contributed by atoms with Crippen LogP contribution >= 0.6 is 0 Å². The van der Waals surface area contributed by atoms with Gasteiger partial charge in [-0.2, -0.15) is 0 Å². The van der Waals surface area contributed by atoms with Gasteiger partial charge in [0.2, 0.25) is 0 Å². The number of hydrogen-bond acceptors (Lipinski definition) is 3. The Bertz CT molecular complexity index is 410. The standard InChI is InChI=1S/C15H24N2O2/c1-11(2)13(12-7-9-16-10-8-12)17(6)14(18)19-15(3,4)5/h7-11,13H,1-6H3. The van der Waals surface area contributed by atoms with Crippen molar-refractivity contribution >= 4 is 6.09 Å². The molecule has 0 spiro atoms. The summed E-state index contributed by atoms with van der Waals surface area (Å²) < 4.78 is 5.42. The van der Waals surface area contributed by atoms with Crippen molar-refractivity contribution in [3.8, 4) is 0 Å². The lowest BCUT2D eigenvalue weighted by atomic mass is 9.96. The summed E-state index contributed by atoms with van der Waals surface area (Å²) in [6.45, 7) is 9.79. The molecule has 1 amide bonds. The van der Waals surface area contributed by atoms with Gasteiger partial charge < -0.3 is 9.64 Å². The first-order chi connectivity index (χ1) is 8.72. The van der Waals surface area contributed by atoms with Gasteiger partial charge in [0.25, 0.3) is 0 Å². The van der Waals surface area contributed by atoms with E-state index in [0.717, 1.165) is 5.56 Å². The summed E-state index contributed by atoms with van der Waals surface area (Å²) in [6, 6.07) is 3.86. The van der Waals surface area contributed by atoms with Crippen LogP contribution in [0.25, 0.3) is 0 Å². The van der Waals surface area contributed by atoms with Gasteiger partial charge >= 0.3 is 6.09 Å². The Hall–Kier alpha value is -1.58. The predicted molar refractivity (Wildman–Crippen MR) is 75.8 cm³/mol. The minimum absolute atomic E-state index is 0.0159. The van der Waals surface area contributed by atoms with Crippen LogP contribution in [-0.4, -0.2) is 28.6 Å². The Balaban J connectivity index is 2.92. The molecule has 1 rings (SSSR count). The number of hydrogen-bond donors (Lipinski definition) is 0. The molecule has 0 saturated heterocycles. The van der Waals surface area contributed by atoms with Gasteiger partial charge in [-0.3, -0.25) is 4.98 Å². The van der Waals surface area contributed by atoms with E-state index < -0.39 is 5.60 Å². The molecule has 19 heavy (non-hydrogen) atoms. The summed E-state index contributed by atoms with van der Waals surface area (Å²) in [5.74, 6) is 0.292. The number of rotatable bonds is 3. The molecule has 0 N–H and O–H groups in total. The zero-order valence-electron chi connectivity index (χ0n) is 12.7. The Morgan fingerprint density at radius 1 is 1.26 bits per heavy atom. The number of carbonyl (C=O) groups is 1. The third-order valence-corrected chi connectivity index (χ3v) is 2.78. The Morgan fingerprint density at radius 3 is 2.21 bits per heavy atom. The maximum atomic E-state index is 12.2. The van der Waals surface area contributed by atoms with Crippen molar-refractivity contribution in [1.29, 1.82) is 0 Å². The van der Waals surface area contributed by atoms with Crippen LogP contribution in [0.3, 0.4) is 0 Å². The van der Waals surface area contributed by atoms with Crippen LogP contribution in [0.1, 0.15) is 46.2 Å². The summed E-state index contributed by atoms with van der Waals surface area (Å²) in [6.07, 6.45) is 3.18. The van der Waals surface area contributed by atoms with E-state index in [-0.39, 0.29) is 12.1 Å². The summed E-state index contributed by atoms with van der Waals surface area (Å²) in [7, 11) is 1.78. The summed E-state index contributed by atoms with van der Waals surface area (Å²) in [5, 5.41) is 0. The van der Waals surface area contributed by atoms with Crippen LogP contribution in [0.2, 0.25) is 0 Å². The zero-order valence-corrected chi connectivity index (χ0v) is 12.7. The quantitative estimate of drug-likeness (QED) is 0.837. The van der Waals surface area contributed by atoms with Crippen LogP contribution in [0.15, 0.2) is 24.5 Å². The lowest BCUT2D eigenvalue weighted by Crippen LogP contribution is -2.38. The van der Waals surface area contributed by atoms with Gasteiger partial charge in [0.05, 0.1) is 6.04 Å². The largest absolute Gasteiger partial charge is 0.444 e. The SMILES string of the molecule is CC(C)C(c1ccncc1)N(C)C(=O)OC(C)(C)C. The van der Waals surface area contributed by atoms with Gasteiger partial charge in [-0.15, -0.1) is 0 Å². The second kappa shape index (κ2) is 6.04. The van der Waals surface area contributed by atoms with Crippen molar-refractivity contribution in [3.05, 3.63) is 30.1 Å². The number of carbonyl (C=O) groups excluding carboxylic acids is 1. The molecule has 106 valence electrons. The molecule has 0 aliphatic heterocycles. The molecular weight excluding hydrogens is 240 g/mol. The maximum Gasteiger partial charge on any atom is 0.410 e. The lowest BCUT2D eigenvalue weighted by Gasteiger charge is -2.33. The van der Waals surface area contributed by atoms with Crippen LogP contribution in [0.5, 0.6) is 0 Å². The molecule has 0 radical (unpaired) electrons. The molecule has 0 aromatic carbocycles. The molecule has 1 atom stereocenters. The number of ether oxygens (including phenoxy) is 1. The number of amides is 1. The zero-order chi connectivity index (χ0) is 14.6. The third-order valence-electron chi connectivity index (χ3n) is 2.78. The first-order valence-electron chi connectivity index (χ1n) is 6.58. The fourth-order valence-electron chi connectivity index (χ4n) is 2.06. The summed E-state index contributed by atoms with van der Waals surface area (Å²) in [5.41, 5.74) is 0.587. The maximum absolute atomic E-state index is 12.2. The number of pyridine rings is 1. The average molecular weight is 264 g/mol. The van der Waals surface area contributed by atoms with Crippen molar-refractivity contribution in [2.45, 2.75) is 46.3 Å². The predicted octanol–water partition coefficient (Wildman–Crippen LogP) is 3.65. The molecule has 0 aliphatic rings. The van der Waals surface area contributed by atoms with Gasteiger partial charge in [0.15, 0.2) is 0 Å². The first kappa shape index (κ1) is 15.5. The fraction of sp³-hybridized carbons (Fsp3) is 0.600. The van der Waals surface area contributed by atoms with Crippen molar-refractivity contribution in [2.24, 2.45) is 5.92 Å². The van der Waals surface area contributed by atoms with Crippen molar-refractivity contribution in [1.82, 2.24) is 9.88 Å².